The monoisotopic (exact) mass is 283 g/mol. The molecule has 1 nitrogen and oxygen atoms in total. The molecule has 0 unspecified atom stereocenters. The van der Waals surface area contributed by atoms with Gasteiger partial charge < -0.3 is 4.90 Å². The molecule has 1 heteroatoms. The summed E-state index contributed by atoms with van der Waals surface area (Å²) in [4.78, 5) is 2.34. The number of para-hydroxylation sites is 2. The van der Waals surface area contributed by atoms with Crippen LogP contribution in [0.25, 0.3) is 12.2 Å². The molecule has 0 amide bonds. The Morgan fingerprint density at radius 2 is 1.23 bits per heavy atom. The highest BCUT2D eigenvalue weighted by Crippen LogP contribution is 2.41. The Morgan fingerprint density at radius 1 is 0.636 bits per heavy atom. The summed E-state index contributed by atoms with van der Waals surface area (Å²) < 4.78 is 0. The minimum absolute atomic E-state index is 1.20. The molecule has 0 aromatic heterocycles. The zero-order chi connectivity index (χ0) is 14.9. The summed E-state index contributed by atoms with van der Waals surface area (Å²) in [5.74, 6) is 0. The van der Waals surface area contributed by atoms with Crippen molar-refractivity contribution < 1.29 is 0 Å². The number of hydrogen-bond donors (Lipinski definition) is 0. The molecule has 22 heavy (non-hydrogen) atoms. The average Bonchev–Trinajstić information content (AvgIpc) is 2.71. The predicted molar refractivity (Wildman–Crippen MR) is 94.8 cm³/mol. The molecule has 0 N–H and O–H groups in total. The summed E-state index contributed by atoms with van der Waals surface area (Å²) >= 11 is 0. The molecule has 1 heterocycles. The fourth-order valence-corrected chi connectivity index (χ4v) is 3.02. The average molecular weight is 283 g/mol. The van der Waals surface area contributed by atoms with Crippen molar-refractivity contribution in [3.63, 3.8) is 0 Å². The van der Waals surface area contributed by atoms with Crippen LogP contribution in [0.1, 0.15) is 16.7 Å². The van der Waals surface area contributed by atoms with Crippen LogP contribution in [0.3, 0.4) is 0 Å². The van der Waals surface area contributed by atoms with Gasteiger partial charge >= 0.3 is 0 Å². The molecule has 0 fully saturated rings. The molecule has 4 rings (SSSR count). The maximum Gasteiger partial charge on any atom is 0.0534 e. The Balaban J connectivity index is 2.02. The number of anilines is 3. The molecule has 3 aromatic rings. The lowest BCUT2D eigenvalue weighted by atomic mass is 10.1. The first-order valence-electron chi connectivity index (χ1n) is 7.56. The van der Waals surface area contributed by atoms with Gasteiger partial charge in [-0.3, -0.25) is 0 Å². The minimum atomic E-state index is 1.20. The van der Waals surface area contributed by atoms with Crippen molar-refractivity contribution in [2.45, 2.75) is 6.92 Å². The van der Waals surface area contributed by atoms with E-state index in [9.17, 15) is 0 Å². The predicted octanol–water partition coefficient (Wildman–Crippen LogP) is 5.95. The first-order valence-corrected chi connectivity index (χ1v) is 7.56. The highest BCUT2D eigenvalue weighted by molar-refractivity contribution is 5.93. The molecule has 0 aliphatic carbocycles. The fourth-order valence-electron chi connectivity index (χ4n) is 3.02. The molecule has 106 valence electrons. The van der Waals surface area contributed by atoms with Gasteiger partial charge in [-0.15, -0.1) is 0 Å². The Morgan fingerprint density at radius 3 is 1.82 bits per heavy atom. The van der Waals surface area contributed by atoms with Crippen molar-refractivity contribution in [3.05, 3.63) is 89.5 Å². The van der Waals surface area contributed by atoms with Crippen molar-refractivity contribution in [1.82, 2.24) is 0 Å². The van der Waals surface area contributed by atoms with Crippen LogP contribution >= 0.6 is 0 Å². The van der Waals surface area contributed by atoms with Gasteiger partial charge in [-0.25, -0.2) is 0 Å². The molecule has 1 aliphatic rings. The second-order valence-corrected chi connectivity index (χ2v) is 5.63. The van der Waals surface area contributed by atoms with E-state index in [1.54, 1.807) is 0 Å². The van der Waals surface area contributed by atoms with Crippen LogP contribution in [-0.4, -0.2) is 0 Å². The molecule has 3 aromatic carbocycles. The number of nitrogens with zero attached hydrogens (tertiary/aromatic N) is 1. The van der Waals surface area contributed by atoms with Gasteiger partial charge in [-0.05, 0) is 47.9 Å². The Hall–Kier alpha value is -2.80. The molecule has 1 aliphatic heterocycles. The molecule has 0 spiro atoms. The number of aryl methyl sites for hydroxylation is 1. The molecule has 0 saturated heterocycles. The summed E-state index contributed by atoms with van der Waals surface area (Å²) in [6.45, 7) is 2.14. The van der Waals surface area contributed by atoms with E-state index >= 15 is 0 Å². The summed E-state index contributed by atoms with van der Waals surface area (Å²) in [6, 6.07) is 25.7. The van der Waals surface area contributed by atoms with Gasteiger partial charge in [-0.1, -0.05) is 60.7 Å². The largest absolute Gasteiger partial charge is 0.309 e. The summed E-state index contributed by atoms with van der Waals surface area (Å²) in [5, 5.41) is 0. The zero-order valence-corrected chi connectivity index (χ0v) is 12.5. The van der Waals surface area contributed by atoms with E-state index < -0.39 is 0 Å². The van der Waals surface area contributed by atoms with Gasteiger partial charge in [0.05, 0.1) is 11.4 Å². The maximum atomic E-state index is 2.34. The van der Waals surface area contributed by atoms with E-state index in [1.807, 2.05) is 0 Å². The van der Waals surface area contributed by atoms with E-state index in [-0.39, 0.29) is 0 Å². The summed E-state index contributed by atoms with van der Waals surface area (Å²) in [7, 11) is 0. The van der Waals surface area contributed by atoms with Gasteiger partial charge in [-0.2, -0.15) is 0 Å². The van der Waals surface area contributed by atoms with Gasteiger partial charge in [0.2, 0.25) is 0 Å². The topological polar surface area (TPSA) is 3.24 Å². The van der Waals surface area contributed by atoms with Crippen LogP contribution in [0.5, 0.6) is 0 Å². The molecule has 0 saturated carbocycles. The van der Waals surface area contributed by atoms with Crippen molar-refractivity contribution >= 4 is 29.2 Å². The first kappa shape index (κ1) is 12.9. The fraction of sp³-hybridized carbons (Fsp3) is 0.0476. The van der Waals surface area contributed by atoms with Crippen molar-refractivity contribution in [1.29, 1.82) is 0 Å². The van der Waals surface area contributed by atoms with Gasteiger partial charge in [0.25, 0.3) is 0 Å². The maximum absolute atomic E-state index is 2.34. The van der Waals surface area contributed by atoms with E-state index in [1.165, 1.54) is 33.8 Å². The molecule has 0 bridgehead atoms. The third kappa shape index (κ3) is 2.11. The quantitative estimate of drug-likeness (QED) is 0.417. The van der Waals surface area contributed by atoms with Crippen molar-refractivity contribution in [2.24, 2.45) is 0 Å². The standard InChI is InChI=1S/C21H17N/c1-16-7-6-10-19(15-16)22-20-11-4-2-8-17(20)13-14-18-9-3-5-12-21(18)22/h2-15H,1H3. The molecule has 0 radical (unpaired) electrons. The highest BCUT2D eigenvalue weighted by atomic mass is 15.1. The van der Waals surface area contributed by atoms with Gasteiger partial charge in [0.1, 0.15) is 0 Å². The number of benzene rings is 3. The van der Waals surface area contributed by atoms with Crippen LogP contribution in [0.2, 0.25) is 0 Å². The third-order valence-electron chi connectivity index (χ3n) is 4.06. The number of fused-ring (bicyclic) bond motifs is 2. The minimum Gasteiger partial charge on any atom is -0.309 e. The normalized spacial score (nSPS) is 12.5. The smallest absolute Gasteiger partial charge is 0.0534 e. The molecular weight excluding hydrogens is 266 g/mol. The molecule has 0 atom stereocenters. The van der Waals surface area contributed by atoms with Crippen molar-refractivity contribution in [2.75, 3.05) is 4.90 Å². The van der Waals surface area contributed by atoms with E-state index in [4.69, 9.17) is 0 Å². The number of rotatable bonds is 1. The first-order chi connectivity index (χ1) is 10.8. The van der Waals surface area contributed by atoms with E-state index in [0.717, 1.165) is 0 Å². The zero-order valence-electron chi connectivity index (χ0n) is 12.5. The second kappa shape index (κ2) is 5.19. The lowest BCUT2D eigenvalue weighted by Gasteiger charge is -2.27. The lowest BCUT2D eigenvalue weighted by molar-refractivity contribution is 1.26. The third-order valence-corrected chi connectivity index (χ3v) is 4.06. The van der Waals surface area contributed by atoms with Crippen LogP contribution in [-0.2, 0) is 0 Å². The SMILES string of the molecule is Cc1cccc(N2c3ccccc3C=Cc3ccccc32)c1. The molecular formula is C21H17N. The van der Waals surface area contributed by atoms with Crippen LogP contribution in [0.4, 0.5) is 17.1 Å². The second-order valence-electron chi connectivity index (χ2n) is 5.63. The Labute approximate surface area is 131 Å². The summed E-state index contributed by atoms with van der Waals surface area (Å²) in [5.41, 5.74) is 7.37. The van der Waals surface area contributed by atoms with Gasteiger partial charge in [0.15, 0.2) is 0 Å². The van der Waals surface area contributed by atoms with Crippen LogP contribution in [0.15, 0.2) is 72.8 Å². The highest BCUT2D eigenvalue weighted by Gasteiger charge is 2.18. The van der Waals surface area contributed by atoms with Crippen LogP contribution < -0.4 is 4.90 Å². The van der Waals surface area contributed by atoms with Crippen molar-refractivity contribution in [3.8, 4) is 0 Å². The van der Waals surface area contributed by atoms with Crippen LogP contribution in [0, 0.1) is 6.92 Å². The van der Waals surface area contributed by atoms with E-state index in [2.05, 4.69) is 96.8 Å². The van der Waals surface area contributed by atoms with Gasteiger partial charge in [0, 0.05) is 5.69 Å². The number of hydrogen-bond acceptors (Lipinski definition) is 1. The Kier molecular flexibility index (Phi) is 3.05. The Bertz CT molecular complexity index is 812. The lowest BCUT2D eigenvalue weighted by Crippen LogP contribution is -2.11. The summed E-state index contributed by atoms with van der Waals surface area (Å²) in [6.07, 6.45) is 4.40. The van der Waals surface area contributed by atoms with E-state index in [0.29, 0.717) is 0 Å².